The lowest BCUT2D eigenvalue weighted by Gasteiger charge is -2.12. The fourth-order valence-electron chi connectivity index (χ4n) is 2.41. The molecule has 18 heavy (non-hydrogen) atoms. The highest BCUT2D eigenvalue weighted by atomic mass is 35.5. The maximum absolute atomic E-state index is 6.07. The van der Waals surface area contributed by atoms with Gasteiger partial charge in [0.15, 0.2) is 0 Å². The highest BCUT2D eigenvalue weighted by molar-refractivity contribution is 6.32. The summed E-state index contributed by atoms with van der Waals surface area (Å²) in [5.74, 6) is 0.803. The van der Waals surface area contributed by atoms with Crippen molar-refractivity contribution in [1.29, 1.82) is 0 Å². The molecule has 1 saturated carbocycles. The Morgan fingerprint density at radius 3 is 2.89 bits per heavy atom. The number of hydrogen-bond donors (Lipinski definition) is 1. The Kier molecular flexibility index (Phi) is 5.33. The molecule has 1 aliphatic rings. The molecule has 0 aliphatic heterocycles. The minimum absolute atomic E-state index is 0.698. The number of benzene rings is 1. The molecule has 0 aromatic heterocycles. The van der Waals surface area contributed by atoms with Crippen molar-refractivity contribution >= 4 is 11.6 Å². The molecule has 0 bridgehead atoms. The van der Waals surface area contributed by atoms with Gasteiger partial charge in [-0.3, -0.25) is 0 Å². The lowest BCUT2D eigenvalue weighted by molar-refractivity contribution is 0.304. The first kappa shape index (κ1) is 13.7. The third-order valence-electron chi connectivity index (χ3n) is 3.45. The summed E-state index contributed by atoms with van der Waals surface area (Å²) in [5.41, 5.74) is 1.18. The zero-order chi connectivity index (χ0) is 12.8. The largest absolute Gasteiger partial charge is 0.492 e. The first-order chi connectivity index (χ1) is 8.75. The van der Waals surface area contributed by atoms with E-state index in [0.29, 0.717) is 5.02 Å². The van der Waals surface area contributed by atoms with E-state index in [1.54, 1.807) is 0 Å². The van der Waals surface area contributed by atoms with E-state index in [4.69, 9.17) is 16.3 Å². The maximum Gasteiger partial charge on any atom is 0.138 e. The Bertz CT molecular complexity index is 375. The smallest absolute Gasteiger partial charge is 0.138 e. The zero-order valence-corrected chi connectivity index (χ0v) is 11.8. The Morgan fingerprint density at radius 2 is 2.11 bits per heavy atom. The van der Waals surface area contributed by atoms with Crippen molar-refractivity contribution in [2.75, 3.05) is 13.2 Å². The van der Waals surface area contributed by atoms with Gasteiger partial charge in [0.05, 0.1) is 11.6 Å². The van der Waals surface area contributed by atoms with Gasteiger partial charge in [0.25, 0.3) is 0 Å². The Hall–Kier alpha value is -0.730. The second kappa shape index (κ2) is 7.01. The van der Waals surface area contributed by atoms with E-state index >= 15 is 0 Å². The van der Waals surface area contributed by atoms with Gasteiger partial charge in [-0.05, 0) is 50.4 Å². The van der Waals surface area contributed by atoms with Crippen LogP contribution in [0.1, 0.15) is 37.7 Å². The molecule has 0 heterocycles. The first-order valence-electron chi connectivity index (χ1n) is 6.88. The molecule has 0 atom stereocenters. The molecule has 2 nitrogen and oxygen atoms in total. The lowest BCUT2D eigenvalue weighted by Crippen LogP contribution is -2.27. The van der Waals surface area contributed by atoms with Crippen LogP contribution in [0.2, 0.25) is 5.02 Å². The molecule has 1 aromatic carbocycles. The summed E-state index contributed by atoms with van der Waals surface area (Å²) in [5, 5.41) is 4.28. The van der Waals surface area contributed by atoms with Crippen LogP contribution in [0.3, 0.4) is 0 Å². The van der Waals surface area contributed by atoms with Crippen LogP contribution in [0.25, 0.3) is 0 Å². The highest BCUT2D eigenvalue weighted by Crippen LogP contribution is 2.25. The minimum atomic E-state index is 0.698. The van der Waals surface area contributed by atoms with Crippen LogP contribution in [-0.2, 0) is 0 Å². The topological polar surface area (TPSA) is 21.3 Å². The first-order valence-corrected chi connectivity index (χ1v) is 7.26. The number of halogens is 1. The Balaban J connectivity index is 1.64. The van der Waals surface area contributed by atoms with Gasteiger partial charge < -0.3 is 10.1 Å². The predicted octanol–water partition coefficient (Wildman–Crippen LogP) is 3.95. The van der Waals surface area contributed by atoms with Crippen LogP contribution in [0, 0.1) is 6.92 Å². The van der Waals surface area contributed by atoms with Gasteiger partial charge in [-0.2, -0.15) is 0 Å². The lowest BCUT2D eigenvalue weighted by atomic mass is 10.2. The number of aryl methyl sites for hydroxylation is 1. The third-order valence-corrected chi connectivity index (χ3v) is 3.77. The van der Waals surface area contributed by atoms with Crippen LogP contribution >= 0.6 is 11.6 Å². The number of hydrogen-bond acceptors (Lipinski definition) is 2. The normalized spacial score (nSPS) is 16.1. The molecule has 0 saturated heterocycles. The molecular weight excluding hydrogens is 246 g/mol. The standard InChI is InChI=1S/C15H22ClNO/c1-12-7-8-14(16)15(11-12)18-10-4-9-17-13-5-2-3-6-13/h7-8,11,13,17H,2-6,9-10H2,1H3. The van der Waals surface area contributed by atoms with E-state index in [2.05, 4.69) is 5.32 Å². The summed E-state index contributed by atoms with van der Waals surface area (Å²) in [6.07, 6.45) is 6.47. The molecule has 0 amide bonds. The number of ether oxygens (including phenoxy) is 1. The van der Waals surface area contributed by atoms with Crippen molar-refractivity contribution in [1.82, 2.24) is 5.32 Å². The quantitative estimate of drug-likeness (QED) is 0.788. The molecule has 1 aliphatic carbocycles. The average Bonchev–Trinajstić information content (AvgIpc) is 2.86. The zero-order valence-electron chi connectivity index (χ0n) is 11.0. The Labute approximate surface area is 115 Å². The van der Waals surface area contributed by atoms with E-state index < -0.39 is 0 Å². The van der Waals surface area contributed by atoms with Crippen molar-refractivity contribution < 1.29 is 4.74 Å². The third kappa shape index (κ3) is 4.18. The molecule has 1 N–H and O–H groups in total. The second-order valence-corrected chi connectivity index (χ2v) is 5.48. The highest BCUT2D eigenvalue weighted by Gasteiger charge is 2.13. The molecule has 100 valence electrons. The van der Waals surface area contributed by atoms with Crippen LogP contribution < -0.4 is 10.1 Å². The van der Waals surface area contributed by atoms with Crippen molar-refractivity contribution in [3.05, 3.63) is 28.8 Å². The molecule has 0 unspecified atom stereocenters. The van der Waals surface area contributed by atoms with E-state index in [9.17, 15) is 0 Å². The predicted molar refractivity (Wildman–Crippen MR) is 76.6 cm³/mol. The van der Waals surface area contributed by atoms with Crippen LogP contribution in [0.4, 0.5) is 0 Å². The van der Waals surface area contributed by atoms with Gasteiger partial charge in [-0.15, -0.1) is 0 Å². The van der Waals surface area contributed by atoms with Crippen LogP contribution in [0.5, 0.6) is 5.75 Å². The summed E-state index contributed by atoms with van der Waals surface area (Å²) >= 11 is 6.07. The van der Waals surface area contributed by atoms with Crippen LogP contribution in [-0.4, -0.2) is 19.2 Å². The van der Waals surface area contributed by atoms with Gasteiger partial charge in [0, 0.05) is 6.04 Å². The minimum Gasteiger partial charge on any atom is -0.492 e. The average molecular weight is 268 g/mol. The van der Waals surface area contributed by atoms with E-state index in [1.165, 1.54) is 31.2 Å². The summed E-state index contributed by atoms with van der Waals surface area (Å²) in [6, 6.07) is 6.62. The van der Waals surface area contributed by atoms with Gasteiger partial charge in [-0.25, -0.2) is 0 Å². The fourth-order valence-corrected chi connectivity index (χ4v) is 2.58. The van der Waals surface area contributed by atoms with Gasteiger partial charge in [0.2, 0.25) is 0 Å². The Morgan fingerprint density at radius 1 is 1.33 bits per heavy atom. The van der Waals surface area contributed by atoms with Crippen molar-refractivity contribution in [3.63, 3.8) is 0 Å². The second-order valence-electron chi connectivity index (χ2n) is 5.07. The van der Waals surface area contributed by atoms with Gasteiger partial charge >= 0.3 is 0 Å². The maximum atomic E-state index is 6.07. The van der Waals surface area contributed by atoms with E-state index in [-0.39, 0.29) is 0 Å². The van der Waals surface area contributed by atoms with Crippen LogP contribution in [0.15, 0.2) is 18.2 Å². The van der Waals surface area contributed by atoms with Crippen molar-refractivity contribution in [2.45, 2.75) is 45.1 Å². The van der Waals surface area contributed by atoms with E-state index in [0.717, 1.165) is 31.4 Å². The van der Waals surface area contributed by atoms with Gasteiger partial charge in [0.1, 0.15) is 5.75 Å². The molecule has 0 spiro atoms. The van der Waals surface area contributed by atoms with Crippen molar-refractivity contribution in [2.24, 2.45) is 0 Å². The summed E-state index contributed by atoms with van der Waals surface area (Å²) in [4.78, 5) is 0. The summed E-state index contributed by atoms with van der Waals surface area (Å²) in [7, 11) is 0. The molecule has 2 rings (SSSR count). The van der Waals surface area contributed by atoms with Gasteiger partial charge in [-0.1, -0.05) is 30.5 Å². The fraction of sp³-hybridized carbons (Fsp3) is 0.600. The SMILES string of the molecule is Cc1ccc(Cl)c(OCCCNC2CCCC2)c1. The molecule has 3 heteroatoms. The van der Waals surface area contributed by atoms with Crippen molar-refractivity contribution in [3.8, 4) is 5.75 Å². The van der Waals surface area contributed by atoms with E-state index in [1.807, 2.05) is 25.1 Å². The molecular formula is C15H22ClNO. The molecule has 1 aromatic rings. The summed E-state index contributed by atoms with van der Waals surface area (Å²) < 4.78 is 5.71. The number of nitrogens with one attached hydrogen (secondary N) is 1. The molecule has 1 fully saturated rings. The molecule has 0 radical (unpaired) electrons. The number of rotatable bonds is 6. The monoisotopic (exact) mass is 267 g/mol. The summed E-state index contributed by atoms with van der Waals surface area (Å²) in [6.45, 7) is 3.81.